The second-order valence-electron chi connectivity index (χ2n) is 8.97. The highest BCUT2D eigenvalue weighted by molar-refractivity contribution is 8.00. The molecule has 186 valence electrons. The molecular weight excluding hydrogens is 480 g/mol. The standard InChI is InChI=1S/C25H26N6O4S/c1-34-23-5-3-18-24(29-23)20(7-9-27-18)30(16-6-8-26-11-16)12-17-13-35-25(33)31(17)15-2-4-21-19(10-15)28-22(32)14-36-21/h2-5,7,9-10,16-17,26H,6,8,11-14H2,1H3,(H,28,32)/t16-,17-/m0/s1. The summed E-state index contributed by atoms with van der Waals surface area (Å²) in [6.45, 7) is 2.58. The number of cyclic esters (lactones) is 1. The molecule has 0 aliphatic carbocycles. The first-order chi connectivity index (χ1) is 17.6. The van der Waals surface area contributed by atoms with Crippen LogP contribution in [0.1, 0.15) is 6.42 Å². The Kier molecular flexibility index (Phi) is 6.02. The van der Waals surface area contributed by atoms with Crippen molar-refractivity contribution in [3.05, 3.63) is 42.6 Å². The third-order valence-corrected chi connectivity index (χ3v) is 7.85. The number of nitrogens with zero attached hydrogens (tertiary/aromatic N) is 4. The average molecular weight is 507 g/mol. The number of ether oxygens (including phenoxy) is 2. The van der Waals surface area contributed by atoms with Gasteiger partial charge in [0.25, 0.3) is 0 Å². The maximum absolute atomic E-state index is 12.9. The Balaban J connectivity index is 1.36. The number of pyridine rings is 2. The SMILES string of the molecule is COc1ccc2nccc(N(C[C@H]3COC(=O)N3c3ccc4c(c3)NC(=O)CS4)[C@H]3CCNC3)c2n1. The molecule has 2 N–H and O–H groups in total. The lowest BCUT2D eigenvalue weighted by Crippen LogP contribution is -2.48. The molecule has 1 aromatic carbocycles. The van der Waals surface area contributed by atoms with Crippen molar-refractivity contribution in [2.75, 3.05) is 54.2 Å². The van der Waals surface area contributed by atoms with Crippen molar-refractivity contribution in [2.24, 2.45) is 0 Å². The van der Waals surface area contributed by atoms with Crippen LogP contribution in [0.5, 0.6) is 5.88 Å². The summed E-state index contributed by atoms with van der Waals surface area (Å²) in [5.41, 5.74) is 3.91. The summed E-state index contributed by atoms with van der Waals surface area (Å²) in [5.74, 6) is 0.873. The number of anilines is 3. The molecule has 0 saturated carbocycles. The number of nitrogens with one attached hydrogen (secondary N) is 2. The molecule has 2 fully saturated rings. The van der Waals surface area contributed by atoms with E-state index in [9.17, 15) is 9.59 Å². The molecule has 11 heteroatoms. The fraction of sp³-hybridized carbons (Fsp3) is 0.360. The number of aromatic nitrogens is 2. The Morgan fingerprint density at radius 3 is 3.00 bits per heavy atom. The van der Waals surface area contributed by atoms with Crippen LogP contribution in [0.4, 0.5) is 21.9 Å². The van der Waals surface area contributed by atoms with Gasteiger partial charge in [-0.1, -0.05) is 0 Å². The van der Waals surface area contributed by atoms with Crippen molar-refractivity contribution < 1.29 is 19.1 Å². The topological polar surface area (TPSA) is 109 Å². The van der Waals surface area contributed by atoms with Gasteiger partial charge in [0.05, 0.1) is 35.8 Å². The maximum atomic E-state index is 12.9. The maximum Gasteiger partial charge on any atom is 0.414 e. The smallest absolute Gasteiger partial charge is 0.414 e. The minimum atomic E-state index is -0.390. The van der Waals surface area contributed by atoms with Gasteiger partial charge in [0.2, 0.25) is 11.8 Å². The number of fused-ring (bicyclic) bond motifs is 2. The van der Waals surface area contributed by atoms with Crippen molar-refractivity contribution >= 4 is 51.9 Å². The van der Waals surface area contributed by atoms with Gasteiger partial charge in [-0.25, -0.2) is 9.78 Å². The van der Waals surface area contributed by atoms with Gasteiger partial charge in [-0.15, -0.1) is 11.8 Å². The number of hydrogen-bond donors (Lipinski definition) is 2. The van der Waals surface area contributed by atoms with Crippen LogP contribution in [-0.4, -0.2) is 73.2 Å². The van der Waals surface area contributed by atoms with Gasteiger partial charge in [0.1, 0.15) is 12.1 Å². The predicted octanol–water partition coefficient (Wildman–Crippen LogP) is 2.88. The van der Waals surface area contributed by atoms with E-state index in [4.69, 9.17) is 14.5 Å². The van der Waals surface area contributed by atoms with Crippen LogP contribution in [0.2, 0.25) is 0 Å². The number of rotatable bonds is 6. The molecular formula is C25H26N6O4S. The van der Waals surface area contributed by atoms with E-state index in [-0.39, 0.29) is 24.6 Å². The van der Waals surface area contributed by atoms with Gasteiger partial charge in [0, 0.05) is 42.0 Å². The van der Waals surface area contributed by atoms with Crippen LogP contribution < -0.4 is 25.2 Å². The van der Waals surface area contributed by atoms with Gasteiger partial charge in [-0.2, -0.15) is 0 Å². The van der Waals surface area contributed by atoms with E-state index < -0.39 is 6.09 Å². The highest BCUT2D eigenvalue weighted by atomic mass is 32.2. The lowest BCUT2D eigenvalue weighted by atomic mass is 10.1. The summed E-state index contributed by atoms with van der Waals surface area (Å²) in [7, 11) is 1.60. The molecule has 3 aliphatic rings. The molecule has 2 atom stereocenters. The second-order valence-corrected chi connectivity index (χ2v) is 9.99. The Morgan fingerprint density at radius 2 is 2.17 bits per heavy atom. The number of amides is 2. The Hall–Kier alpha value is -3.57. The minimum Gasteiger partial charge on any atom is -0.481 e. The Morgan fingerprint density at radius 1 is 1.25 bits per heavy atom. The van der Waals surface area contributed by atoms with Crippen LogP contribution in [0.25, 0.3) is 11.0 Å². The largest absolute Gasteiger partial charge is 0.481 e. The van der Waals surface area contributed by atoms with Crippen LogP contribution in [0.15, 0.2) is 47.5 Å². The summed E-state index contributed by atoms with van der Waals surface area (Å²) in [6, 6.07) is 11.4. The zero-order chi connectivity index (χ0) is 24.6. The van der Waals surface area contributed by atoms with Gasteiger partial charge in [0.15, 0.2) is 0 Å². The lowest BCUT2D eigenvalue weighted by molar-refractivity contribution is -0.113. The highest BCUT2D eigenvalue weighted by Gasteiger charge is 2.38. The molecule has 0 spiro atoms. The average Bonchev–Trinajstić information content (AvgIpc) is 3.56. The minimum absolute atomic E-state index is 0.0439. The van der Waals surface area contributed by atoms with E-state index in [0.717, 1.165) is 46.8 Å². The summed E-state index contributed by atoms with van der Waals surface area (Å²) < 4.78 is 10.9. The first-order valence-corrected chi connectivity index (χ1v) is 12.9. The van der Waals surface area contributed by atoms with E-state index in [1.54, 1.807) is 24.3 Å². The molecule has 2 amide bonds. The zero-order valence-corrected chi connectivity index (χ0v) is 20.6. The third-order valence-electron chi connectivity index (χ3n) is 6.77. The van der Waals surface area contributed by atoms with Crippen molar-refractivity contribution in [3.63, 3.8) is 0 Å². The van der Waals surface area contributed by atoms with Gasteiger partial charge < -0.3 is 25.0 Å². The Bertz CT molecular complexity index is 1330. The lowest BCUT2D eigenvalue weighted by Gasteiger charge is -2.35. The molecule has 0 radical (unpaired) electrons. The Labute approximate surface area is 212 Å². The molecule has 0 unspecified atom stereocenters. The normalized spacial score (nSPS) is 21.3. The quantitative estimate of drug-likeness (QED) is 0.522. The summed E-state index contributed by atoms with van der Waals surface area (Å²) in [6.07, 6.45) is 2.37. The van der Waals surface area contributed by atoms with E-state index in [1.807, 2.05) is 30.3 Å². The molecule has 10 nitrogen and oxygen atoms in total. The van der Waals surface area contributed by atoms with Crippen molar-refractivity contribution in [2.45, 2.75) is 23.4 Å². The van der Waals surface area contributed by atoms with E-state index >= 15 is 0 Å². The zero-order valence-electron chi connectivity index (χ0n) is 19.8. The number of thioether (sulfide) groups is 1. The number of methoxy groups -OCH3 is 1. The number of benzene rings is 1. The van der Waals surface area contributed by atoms with Gasteiger partial charge >= 0.3 is 6.09 Å². The fourth-order valence-corrected chi connectivity index (χ4v) is 5.84. The molecule has 2 aromatic heterocycles. The third kappa shape index (κ3) is 4.18. The summed E-state index contributed by atoms with van der Waals surface area (Å²) >= 11 is 1.49. The van der Waals surface area contributed by atoms with Crippen LogP contribution in [-0.2, 0) is 9.53 Å². The number of carbonyl (C=O) groups is 2. The van der Waals surface area contributed by atoms with Crippen LogP contribution in [0, 0.1) is 0 Å². The van der Waals surface area contributed by atoms with Crippen molar-refractivity contribution in [1.29, 1.82) is 0 Å². The summed E-state index contributed by atoms with van der Waals surface area (Å²) in [5, 5.41) is 6.36. The summed E-state index contributed by atoms with van der Waals surface area (Å²) in [4.78, 5) is 39.0. The molecule has 0 bridgehead atoms. The van der Waals surface area contributed by atoms with E-state index in [1.165, 1.54) is 11.8 Å². The fourth-order valence-electron chi connectivity index (χ4n) is 5.05. The molecule has 2 saturated heterocycles. The monoisotopic (exact) mass is 506 g/mol. The number of carbonyl (C=O) groups excluding carboxylic acids is 2. The predicted molar refractivity (Wildman–Crippen MR) is 138 cm³/mol. The molecule has 5 heterocycles. The molecule has 3 aliphatic heterocycles. The molecule has 3 aromatic rings. The van der Waals surface area contributed by atoms with Crippen LogP contribution in [0.3, 0.4) is 0 Å². The highest BCUT2D eigenvalue weighted by Crippen LogP contribution is 2.37. The first-order valence-electron chi connectivity index (χ1n) is 11.9. The number of hydrogen-bond acceptors (Lipinski definition) is 9. The van der Waals surface area contributed by atoms with Crippen molar-refractivity contribution in [3.8, 4) is 5.88 Å². The first kappa shape index (κ1) is 22.9. The van der Waals surface area contributed by atoms with E-state index in [2.05, 4.69) is 20.5 Å². The molecule has 6 rings (SSSR count). The molecule has 36 heavy (non-hydrogen) atoms. The van der Waals surface area contributed by atoms with Crippen molar-refractivity contribution in [1.82, 2.24) is 15.3 Å². The van der Waals surface area contributed by atoms with Gasteiger partial charge in [-0.05, 0) is 43.3 Å². The second kappa shape index (κ2) is 9.47. The van der Waals surface area contributed by atoms with Gasteiger partial charge in [-0.3, -0.25) is 14.7 Å². The van der Waals surface area contributed by atoms with Crippen LogP contribution >= 0.6 is 11.8 Å². The van der Waals surface area contributed by atoms with E-state index in [0.29, 0.717) is 23.9 Å².